The molecule has 10 heteroatoms. The van der Waals surface area contributed by atoms with Gasteiger partial charge in [-0.3, -0.25) is 0 Å². The summed E-state index contributed by atoms with van der Waals surface area (Å²) < 4.78 is 2.57. The zero-order valence-electron chi connectivity index (χ0n) is 4.27. The Bertz CT molecular complexity index is 76.8. The van der Waals surface area contributed by atoms with Crippen LogP contribution in [0, 0.1) is 0 Å². The van der Waals surface area contributed by atoms with Gasteiger partial charge in [-0.05, 0) is 0 Å². The van der Waals surface area contributed by atoms with Crippen molar-refractivity contribution in [2.45, 2.75) is 0 Å². The van der Waals surface area contributed by atoms with Gasteiger partial charge in [0, 0.05) is 0 Å². The van der Waals surface area contributed by atoms with Gasteiger partial charge in [0.2, 0.25) is 0 Å². The first-order chi connectivity index (χ1) is 3.71. The molecule has 0 amide bonds. The van der Waals surface area contributed by atoms with Crippen LogP contribution in [-0.4, -0.2) is 18.1 Å². The summed E-state index contributed by atoms with van der Waals surface area (Å²) >= 11 is 0. The predicted octanol–water partition coefficient (Wildman–Crippen LogP) is -7.97. The molecule has 0 saturated heterocycles. The van der Waals surface area contributed by atoms with Crippen LogP contribution in [0.15, 0.2) is 0 Å². The minimum atomic E-state index is -5.92. The van der Waals surface area contributed by atoms with Gasteiger partial charge in [0.05, 0.1) is 0 Å². The first-order valence-corrected chi connectivity index (χ1v) is 4.90. The maximum absolute atomic E-state index is 9.36. The standard InChI is InChI=1S/Cr.O7Si2/c;1-8(2,3)7-9(4,5)6/q+6;-6. The summed E-state index contributed by atoms with van der Waals surface area (Å²) in [5, 5.41) is 0. The fourth-order valence-corrected chi connectivity index (χ4v) is 1.38. The van der Waals surface area contributed by atoms with E-state index >= 15 is 0 Å². The molecule has 0 saturated carbocycles. The van der Waals surface area contributed by atoms with Crippen LogP contribution in [0.4, 0.5) is 0 Å². The van der Waals surface area contributed by atoms with E-state index < -0.39 is 18.1 Å². The summed E-state index contributed by atoms with van der Waals surface area (Å²) in [6.07, 6.45) is 0. The maximum atomic E-state index is 9.36. The Morgan fingerprint density at radius 1 is 0.700 bits per heavy atom. The Kier molecular flexibility index (Phi) is 5.18. The van der Waals surface area contributed by atoms with E-state index in [1.807, 2.05) is 0 Å². The van der Waals surface area contributed by atoms with Crippen molar-refractivity contribution >= 4 is 18.1 Å². The van der Waals surface area contributed by atoms with Crippen molar-refractivity contribution in [3.8, 4) is 0 Å². The Balaban J connectivity index is 0. The summed E-state index contributed by atoms with van der Waals surface area (Å²) in [5.74, 6) is 0. The smallest absolute Gasteiger partial charge is 0.862 e. The van der Waals surface area contributed by atoms with Gasteiger partial charge in [0.15, 0.2) is 0 Å². The van der Waals surface area contributed by atoms with Gasteiger partial charge in [0.1, 0.15) is 0 Å². The molecule has 0 bridgehead atoms. The summed E-state index contributed by atoms with van der Waals surface area (Å²) in [6.45, 7) is 0. The van der Waals surface area contributed by atoms with Crippen LogP contribution in [0.1, 0.15) is 0 Å². The third-order valence-corrected chi connectivity index (χ3v) is 2.25. The van der Waals surface area contributed by atoms with E-state index in [9.17, 15) is 28.8 Å². The van der Waals surface area contributed by atoms with Crippen LogP contribution in [0.3, 0.4) is 0 Å². The molecule has 10 heavy (non-hydrogen) atoms. The fourth-order valence-electron chi connectivity index (χ4n) is 0.153. The molecule has 0 aromatic carbocycles. The SMILES string of the molecule is [Cr+6].[O-][Si]([O-])([O-])O[Si]([O-])([O-])[O-]. The average Bonchev–Trinajstić information content (AvgIpc) is 1.14. The second-order valence-electron chi connectivity index (χ2n) is 1.10. The van der Waals surface area contributed by atoms with Gasteiger partial charge in [-0.1, -0.05) is 0 Å². The van der Waals surface area contributed by atoms with Gasteiger partial charge in [-0.25, -0.2) is 0 Å². The normalized spacial score (nSPS) is 12.6. The summed E-state index contributed by atoms with van der Waals surface area (Å²) in [6, 6.07) is 0. The molecule has 0 heterocycles. The molecule has 0 N–H and O–H groups in total. The van der Waals surface area contributed by atoms with Crippen LogP contribution in [-0.2, 0) is 21.5 Å². The van der Waals surface area contributed by atoms with E-state index in [1.165, 1.54) is 0 Å². The summed E-state index contributed by atoms with van der Waals surface area (Å²) in [4.78, 5) is 56.2. The van der Waals surface area contributed by atoms with Crippen molar-refractivity contribution in [1.82, 2.24) is 0 Å². The number of hydrogen-bond donors (Lipinski definition) is 0. The molecule has 0 aliphatic carbocycles. The molecule has 0 aliphatic heterocycles. The number of rotatable bonds is 2. The topological polar surface area (TPSA) is 148 Å². The summed E-state index contributed by atoms with van der Waals surface area (Å²) in [7, 11) is -11.8. The van der Waals surface area contributed by atoms with E-state index in [0.29, 0.717) is 0 Å². The van der Waals surface area contributed by atoms with Crippen molar-refractivity contribution in [2.75, 3.05) is 0 Å². The fraction of sp³-hybridized carbons (Fsp3) is 0. The Morgan fingerprint density at radius 2 is 0.900 bits per heavy atom. The molecule has 56 valence electrons. The minimum absolute atomic E-state index is 0. The van der Waals surface area contributed by atoms with Crippen LogP contribution in [0.2, 0.25) is 0 Å². The van der Waals surface area contributed by atoms with E-state index in [0.717, 1.165) is 0 Å². The first-order valence-electron chi connectivity index (χ1n) is 1.63. The van der Waals surface area contributed by atoms with Crippen LogP contribution >= 0.6 is 0 Å². The molecule has 0 aromatic rings. The van der Waals surface area contributed by atoms with Crippen LogP contribution < -0.4 is 28.8 Å². The molecular weight excluding hydrogens is 220 g/mol. The van der Waals surface area contributed by atoms with Gasteiger partial charge < -0.3 is 32.9 Å². The average molecular weight is 220 g/mol. The molecule has 0 radical (unpaired) electrons. The number of hydrogen-bond acceptors (Lipinski definition) is 7. The molecule has 0 spiro atoms. The zero-order chi connectivity index (χ0) is 7.71. The van der Waals surface area contributed by atoms with Crippen molar-refractivity contribution in [3.63, 3.8) is 0 Å². The Morgan fingerprint density at radius 3 is 0.900 bits per heavy atom. The molecule has 0 atom stereocenters. The van der Waals surface area contributed by atoms with E-state index in [2.05, 4.69) is 4.12 Å². The Hall–Kier alpha value is 0.686. The second kappa shape index (κ2) is 3.90. The van der Waals surface area contributed by atoms with E-state index in [1.54, 1.807) is 0 Å². The van der Waals surface area contributed by atoms with E-state index in [-0.39, 0.29) is 17.4 Å². The maximum Gasteiger partial charge on any atom is 6.00 e. The van der Waals surface area contributed by atoms with Crippen molar-refractivity contribution in [2.24, 2.45) is 0 Å². The molecule has 7 nitrogen and oxygen atoms in total. The Labute approximate surface area is 68.9 Å². The predicted molar refractivity (Wildman–Crippen MR) is 12.6 cm³/mol. The van der Waals surface area contributed by atoms with Gasteiger partial charge >= 0.3 is 17.4 Å². The molecular formula is CrO7Si2. The van der Waals surface area contributed by atoms with Gasteiger partial charge in [-0.2, -0.15) is 0 Å². The van der Waals surface area contributed by atoms with Crippen molar-refractivity contribution in [3.05, 3.63) is 0 Å². The third-order valence-electron chi connectivity index (χ3n) is 0.250. The zero-order valence-corrected chi connectivity index (χ0v) is 7.54. The molecule has 0 aromatic heterocycles. The largest absolute Gasteiger partial charge is 6.00 e. The molecule has 0 rings (SSSR count). The molecule has 0 fully saturated rings. The van der Waals surface area contributed by atoms with E-state index in [4.69, 9.17) is 0 Å². The third kappa shape index (κ3) is 11.5. The van der Waals surface area contributed by atoms with Crippen LogP contribution in [0.25, 0.3) is 0 Å². The van der Waals surface area contributed by atoms with Crippen molar-refractivity contribution in [1.29, 1.82) is 0 Å². The van der Waals surface area contributed by atoms with Gasteiger partial charge in [0.25, 0.3) is 0 Å². The van der Waals surface area contributed by atoms with Gasteiger partial charge in [-0.15, -0.1) is 18.1 Å². The van der Waals surface area contributed by atoms with Crippen molar-refractivity contribution < 1.29 is 50.3 Å². The van der Waals surface area contributed by atoms with Crippen LogP contribution in [0.5, 0.6) is 0 Å². The monoisotopic (exact) mass is 220 g/mol. The molecule has 0 unspecified atom stereocenters. The quantitative estimate of drug-likeness (QED) is 0.419. The first kappa shape index (κ1) is 13.3. The summed E-state index contributed by atoms with van der Waals surface area (Å²) in [5.41, 5.74) is 0. The minimum Gasteiger partial charge on any atom is -0.862 e. The molecule has 0 aliphatic rings. The second-order valence-corrected chi connectivity index (χ2v) is 3.92.